The average molecular weight is 324 g/mol. The van der Waals surface area contributed by atoms with Gasteiger partial charge in [0.1, 0.15) is 0 Å². The lowest BCUT2D eigenvalue weighted by atomic mass is 10.0. The molecule has 0 spiro atoms. The molecule has 0 radical (unpaired) electrons. The zero-order valence-electron chi connectivity index (χ0n) is 14.6. The van der Waals surface area contributed by atoms with E-state index in [-0.39, 0.29) is 17.7 Å². The van der Waals surface area contributed by atoms with Gasteiger partial charge in [-0.3, -0.25) is 9.59 Å². The maximum absolute atomic E-state index is 12.3. The van der Waals surface area contributed by atoms with Crippen molar-refractivity contribution in [1.82, 2.24) is 5.32 Å². The summed E-state index contributed by atoms with van der Waals surface area (Å²) in [6.07, 6.45) is 0. The number of hydrogen-bond acceptors (Lipinski definition) is 2. The van der Waals surface area contributed by atoms with Crippen molar-refractivity contribution in [2.45, 2.75) is 34.2 Å². The zero-order chi connectivity index (χ0) is 17.7. The minimum absolute atomic E-state index is 0.00836. The Morgan fingerprint density at radius 2 is 1.67 bits per heavy atom. The molecule has 4 nitrogen and oxygen atoms in total. The second-order valence-electron chi connectivity index (χ2n) is 6.27. The van der Waals surface area contributed by atoms with E-state index in [4.69, 9.17) is 0 Å². The number of rotatable bonds is 5. The van der Waals surface area contributed by atoms with Gasteiger partial charge in [0.25, 0.3) is 5.91 Å². The normalized spacial score (nSPS) is 10.5. The molecule has 0 saturated carbocycles. The van der Waals surface area contributed by atoms with Crippen LogP contribution in [0.2, 0.25) is 0 Å². The fraction of sp³-hybridized carbons (Fsp3) is 0.300. The lowest BCUT2D eigenvalue weighted by Crippen LogP contribution is -2.23. The molecule has 4 heteroatoms. The molecular formula is C20H24N2O2. The highest BCUT2D eigenvalue weighted by Crippen LogP contribution is 2.14. The molecule has 2 aromatic carbocycles. The molecule has 2 N–H and O–H groups in total. The number of carbonyl (C=O) groups is 2. The summed E-state index contributed by atoms with van der Waals surface area (Å²) in [5.74, 6) is -0.138. The molecule has 0 heterocycles. The van der Waals surface area contributed by atoms with Crippen LogP contribution in [0.25, 0.3) is 0 Å². The van der Waals surface area contributed by atoms with Gasteiger partial charge in [-0.05, 0) is 48.7 Å². The largest absolute Gasteiger partial charge is 0.348 e. The lowest BCUT2D eigenvalue weighted by molar-refractivity contribution is -0.118. The summed E-state index contributed by atoms with van der Waals surface area (Å²) in [6.45, 7) is 8.11. The van der Waals surface area contributed by atoms with Crippen LogP contribution in [-0.4, -0.2) is 11.8 Å². The highest BCUT2D eigenvalue weighted by molar-refractivity contribution is 5.96. The van der Waals surface area contributed by atoms with Gasteiger partial charge in [0, 0.05) is 23.7 Å². The molecule has 0 aromatic heterocycles. The van der Waals surface area contributed by atoms with Crippen LogP contribution in [0.5, 0.6) is 0 Å². The third kappa shape index (κ3) is 4.44. The number of carbonyl (C=O) groups excluding carboxylic acids is 2. The van der Waals surface area contributed by atoms with Crippen LogP contribution in [0.1, 0.15) is 40.9 Å². The topological polar surface area (TPSA) is 58.2 Å². The molecule has 0 unspecified atom stereocenters. The molecule has 0 atom stereocenters. The van der Waals surface area contributed by atoms with E-state index in [1.807, 2.05) is 70.2 Å². The van der Waals surface area contributed by atoms with E-state index in [1.165, 1.54) is 0 Å². The first kappa shape index (κ1) is 17.7. The Morgan fingerprint density at radius 1 is 1.00 bits per heavy atom. The zero-order valence-corrected chi connectivity index (χ0v) is 14.6. The molecule has 0 fully saturated rings. The van der Waals surface area contributed by atoms with Crippen molar-refractivity contribution in [2.24, 2.45) is 5.92 Å². The van der Waals surface area contributed by atoms with Crippen molar-refractivity contribution < 1.29 is 9.59 Å². The lowest BCUT2D eigenvalue weighted by Gasteiger charge is -2.11. The average Bonchev–Trinajstić information content (AvgIpc) is 2.56. The summed E-state index contributed by atoms with van der Waals surface area (Å²) in [5, 5.41) is 5.78. The molecule has 0 aliphatic rings. The summed E-state index contributed by atoms with van der Waals surface area (Å²) in [6, 6.07) is 13.2. The van der Waals surface area contributed by atoms with E-state index in [2.05, 4.69) is 10.6 Å². The fourth-order valence-corrected chi connectivity index (χ4v) is 2.27. The van der Waals surface area contributed by atoms with Gasteiger partial charge >= 0.3 is 0 Å². The van der Waals surface area contributed by atoms with Crippen molar-refractivity contribution >= 4 is 17.5 Å². The van der Waals surface area contributed by atoms with Crippen LogP contribution in [0.4, 0.5) is 5.69 Å². The highest BCUT2D eigenvalue weighted by Gasteiger charge is 2.10. The predicted molar refractivity (Wildman–Crippen MR) is 97.0 cm³/mol. The van der Waals surface area contributed by atoms with Crippen LogP contribution in [-0.2, 0) is 11.3 Å². The summed E-state index contributed by atoms with van der Waals surface area (Å²) in [7, 11) is 0. The van der Waals surface area contributed by atoms with Crippen LogP contribution >= 0.6 is 0 Å². The molecule has 0 aliphatic carbocycles. The van der Waals surface area contributed by atoms with Crippen LogP contribution < -0.4 is 10.6 Å². The number of anilines is 1. The first-order valence-corrected chi connectivity index (χ1v) is 8.12. The second-order valence-corrected chi connectivity index (χ2v) is 6.27. The molecular weight excluding hydrogens is 300 g/mol. The van der Waals surface area contributed by atoms with Crippen molar-refractivity contribution in [2.75, 3.05) is 5.32 Å². The van der Waals surface area contributed by atoms with Gasteiger partial charge < -0.3 is 10.6 Å². The smallest absolute Gasteiger partial charge is 0.251 e. The number of amides is 2. The summed E-state index contributed by atoms with van der Waals surface area (Å²) >= 11 is 0. The van der Waals surface area contributed by atoms with Crippen LogP contribution in [0.15, 0.2) is 42.5 Å². The third-order valence-corrected chi connectivity index (χ3v) is 4.05. The first-order chi connectivity index (χ1) is 11.4. The van der Waals surface area contributed by atoms with Crippen molar-refractivity contribution in [1.29, 1.82) is 0 Å². The Kier molecular flexibility index (Phi) is 5.74. The second kappa shape index (κ2) is 7.77. The van der Waals surface area contributed by atoms with Gasteiger partial charge in [-0.1, -0.05) is 38.1 Å². The summed E-state index contributed by atoms with van der Waals surface area (Å²) in [5.41, 5.74) is 4.56. The number of benzene rings is 2. The number of hydrogen-bond donors (Lipinski definition) is 2. The van der Waals surface area contributed by atoms with Crippen molar-refractivity contribution in [3.05, 3.63) is 64.7 Å². The van der Waals surface area contributed by atoms with E-state index in [1.54, 1.807) is 0 Å². The van der Waals surface area contributed by atoms with Gasteiger partial charge in [0.2, 0.25) is 5.91 Å². The van der Waals surface area contributed by atoms with E-state index in [0.717, 1.165) is 22.4 Å². The molecule has 0 bridgehead atoms. The van der Waals surface area contributed by atoms with Gasteiger partial charge in [-0.2, -0.15) is 0 Å². The minimum atomic E-state index is -0.0756. The summed E-state index contributed by atoms with van der Waals surface area (Å²) in [4.78, 5) is 24.0. The van der Waals surface area contributed by atoms with E-state index in [0.29, 0.717) is 12.1 Å². The quantitative estimate of drug-likeness (QED) is 0.878. The van der Waals surface area contributed by atoms with Gasteiger partial charge in [-0.15, -0.1) is 0 Å². The predicted octanol–water partition coefficient (Wildman–Crippen LogP) is 3.83. The van der Waals surface area contributed by atoms with Gasteiger partial charge in [0.15, 0.2) is 0 Å². The van der Waals surface area contributed by atoms with E-state index < -0.39 is 0 Å². The highest BCUT2D eigenvalue weighted by atomic mass is 16.2. The Bertz CT molecular complexity index is 734. The van der Waals surface area contributed by atoms with Crippen LogP contribution in [0.3, 0.4) is 0 Å². The molecule has 2 amide bonds. The standard InChI is InChI=1S/C20H24N2O2/c1-13(2)19(23)22-17-10-8-16(9-11-17)12-21-20(24)18-7-5-6-14(3)15(18)4/h5-11,13H,12H2,1-4H3,(H,21,24)(H,22,23). The maximum atomic E-state index is 12.3. The molecule has 2 rings (SSSR count). The number of aryl methyl sites for hydroxylation is 1. The van der Waals surface area contributed by atoms with E-state index in [9.17, 15) is 9.59 Å². The molecule has 126 valence electrons. The van der Waals surface area contributed by atoms with Gasteiger partial charge in [-0.25, -0.2) is 0 Å². The molecule has 24 heavy (non-hydrogen) atoms. The molecule has 0 aliphatic heterocycles. The Labute approximate surface area is 143 Å². The minimum Gasteiger partial charge on any atom is -0.348 e. The van der Waals surface area contributed by atoms with E-state index >= 15 is 0 Å². The van der Waals surface area contributed by atoms with Crippen molar-refractivity contribution in [3.63, 3.8) is 0 Å². The first-order valence-electron chi connectivity index (χ1n) is 8.12. The third-order valence-electron chi connectivity index (χ3n) is 4.05. The Balaban J connectivity index is 1.96. The monoisotopic (exact) mass is 324 g/mol. The maximum Gasteiger partial charge on any atom is 0.251 e. The Morgan fingerprint density at radius 3 is 2.29 bits per heavy atom. The van der Waals surface area contributed by atoms with Crippen LogP contribution in [0, 0.1) is 19.8 Å². The number of nitrogens with one attached hydrogen (secondary N) is 2. The molecule has 0 saturated heterocycles. The van der Waals surface area contributed by atoms with Gasteiger partial charge in [0.05, 0.1) is 0 Å². The summed E-state index contributed by atoms with van der Waals surface area (Å²) < 4.78 is 0. The fourth-order valence-electron chi connectivity index (χ4n) is 2.27. The SMILES string of the molecule is Cc1cccc(C(=O)NCc2ccc(NC(=O)C(C)C)cc2)c1C. The Hall–Kier alpha value is -2.62. The molecule has 2 aromatic rings. The van der Waals surface area contributed by atoms with Crippen molar-refractivity contribution in [3.8, 4) is 0 Å².